The van der Waals surface area contributed by atoms with E-state index in [-0.39, 0.29) is 11.8 Å². The van der Waals surface area contributed by atoms with Crippen molar-refractivity contribution in [2.75, 3.05) is 18.8 Å². The quantitative estimate of drug-likeness (QED) is 0.749. The minimum Gasteiger partial charge on any atom is -0.395 e. The molecule has 1 aliphatic heterocycles. The zero-order chi connectivity index (χ0) is 13.8. The van der Waals surface area contributed by atoms with E-state index in [0.717, 1.165) is 18.5 Å². The van der Waals surface area contributed by atoms with Crippen molar-refractivity contribution in [3.63, 3.8) is 0 Å². The van der Waals surface area contributed by atoms with Crippen molar-refractivity contribution in [3.8, 4) is 0 Å². The van der Waals surface area contributed by atoms with Gasteiger partial charge in [-0.2, -0.15) is 5.10 Å². The molecular weight excluding hydrogens is 244 g/mol. The van der Waals surface area contributed by atoms with Gasteiger partial charge in [0.15, 0.2) is 5.69 Å². The molecule has 0 unspecified atom stereocenters. The lowest BCUT2D eigenvalue weighted by atomic mass is 9.83. The van der Waals surface area contributed by atoms with Crippen molar-refractivity contribution in [1.29, 1.82) is 0 Å². The van der Waals surface area contributed by atoms with Gasteiger partial charge >= 0.3 is 0 Å². The molecule has 1 saturated heterocycles. The number of carbonyl (C=O) groups excluding carboxylic acids is 1. The molecule has 4 N–H and O–H groups in total. The Morgan fingerprint density at radius 1 is 1.53 bits per heavy atom. The first-order valence-corrected chi connectivity index (χ1v) is 6.78. The fraction of sp³-hybridized carbons (Fsp3) is 0.692. The molecule has 1 saturated carbocycles. The fourth-order valence-corrected chi connectivity index (χ4v) is 2.48. The van der Waals surface area contributed by atoms with Crippen LogP contribution in [0.1, 0.15) is 48.8 Å². The van der Waals surface area contributed by atoms with Gasteiger partial charge in [-0.1, -0.05) is 13.8 Å². The van der Waals surface area contributed by atoms with E-state index >= 15 is 0 Å². The second-order valence-corrected chi connectivity index (χ2v) is 6.09. The Morgan fingerprint density at radius 3 is 2.68 bits per heavy atom. The smallest absolute Gasteiger partial charge is 0.276 e. The minimum absolute atomic E-state index is 0.134. The summed E-state index contributed by atoms with van der Waals surface area (Å²) >= 11 is 0. The molecule has 1 aliphatic carbocycles. The number of β-amino-alcohol motifs (C(OH)–C–C–N with tert-alkyl or cyclic N) is 1. The van der Waals surface area contributed by atoms with Crippen LogP contribution < -0.4 is 5.73 Å². The molecule has 0 bridgehead atoms. The van der Waals surface area contributed by atoms with Gasteiger partial charge < -0.3 is 15.7 Å². The molecule has 19 heavy (non-hydrogen) atoms. The van der Waals surface area contributed by atoms with Crippen LogP contribution in [-0.2, 0) is 0 Å². The number of aromatic nitrogens is 2. The van der Waals surface area contributed by atoms with Crippen molar-refractivity contribution < 1.29 is 9.90 Å². The van der Waals surface area contributed by atoms with Crippen LogP contribution in [0.5, 0.6) is 0 Å². The van der Waals surface area contributed by atoms with E-state index < -0.39 is 5.60 Å². The highest BCUT2D eigenvalue weighted by Crippen LogP contribution is 2.42. The van der Waals surface area contributed by atoms with Gasteiger partial charge in [-0.3, -0.25) is 9.89 Å². The van der Waals surface area contributed by atoms with Gasteiger partial charge in [-0.05, 0) is 18.8 Å². The van der Waals surface area contributed by atoms with E-state index in [0.29, 0.717) is 30.4 Å². The number of nitrogens with two attached hydrogens (primary N) is 1. The number of aliphatic hydroxyl groups is 1. The average molecular weight is 264 g/mol. The van der Waals surface area contributed by atoms with Gasteiger partial charge in [0.2, 0.25) is 0 Å². The van der Waals surface area contributed by atoms with Crippen LogP contribution in [0, 0.1) is 5.92 Å². The number of rotatable bonds is 3. The van der Waals surface area contributed by atoms with E-state index in [9.17, 15) is 9.90 Å². The van der Waals surface area contributed by atoms with Gasteiger partial charge in [0.05, 0.1) is 24.5 Å². The summed E-state index contributed by atoms with van der Waals surface area (Å²) in [6.07, 6.45) is 2.22. The van der Waals surface area contributed by atoms with Crippen LogP contribution in [0.4, 0.5) is 5.69 Å². The number of nitrogen functional groups attached to an aromatic ring is 1. The highest BCUT2D eigenvalue weighted by atomic mass is 16.3. The van der Waals surface area contributed by atoms with Crippen molar-refractivity contribution >= 4 is 11.6 Å². The van der Waals surface area contributed by atoms with Gasteiger partial charge in [0.1, 0.15) is 5.60 Å². The van der Waals surface area contributed by atoms with Crippen molar-refractivity contribution in [2.24, 2.45) is 5.92 Å². The number of nitrogens with one attached hydrogen (secondary N) is 1. The highest BCUT2D eigenvalue weighted by Gasteiger charge is 2.47. The largest absolute Gasteiger partial charge is 0.395 e. The zero-order valence-corrected chi connectivity index (χ0v) is 11.3. The molecule has 1 amide bonds. The number of nitrogens with zero attached hydrogens (tertiary/aromatic N) is 2. The summed E-state index contributed by atoms with van der Waals surface area (Å²) in [6.45, 7) is 4.62. The molecule has 6 heteroatoms. The van der Waals surface area contributed by atoms with E-state index in [1.54, 1.807) is 4.90 Å². The average Bonchev–Trinajstić information content (AvgIpc) is 3.08. The molecule has 2 aliphatic rings. The lowest BCUT2D eigenvalue weighted by molar-refractivity contribution is -0.111. The van der Waals surface area contributed by atoms with Crippen LogP contribution in [0.15, 0.2) is 0 Å². The second kappa shape index (κ2) is 3.96. The monoisotopic (exact) mass is 264 g/mol. The molecule has 0 aromatic carbocycles. The molecule has 6 nitrogen and oxygen atoms in total. The molecule has 1 aromatic rings. The zero-order valence-electron chi connectivity index (χ0n) is 11.3. The molecule has 1 aromatic heterocycles. The van der Waals surface area contributed by atoms with Gasteiger partial charge in [0.25, 0.3) is 5.91 Å². The van der Waals surface area contributed by atoms with Crippen LogP contribution in [0.3, 0.4) is 0 Å². The number of aromatic amines is 1. The standard InChI is InChI=1S/C13H20N4O2/c1-7(2)13(19)5-17(6-13)12(18)11-9(14)10(15-16-11)8-3-4-8/h7-8,19H,3-6,14H2,1-2H3,(H,15,16). The maximum absolute atomic E-state index is 12.3. The molecule has 2 fully saturated rings. The summed E-state index contributed by atoms with van der Waals surface area (Å²) in [4.78, 5) is 13.9. The molecule has 104 valence electrons. The summed E-state index contributed by atoms with van der Waals surface area (Å²) < 4.78 is 0. The summed E-state index contributed by atoms with van der Waals surface area (Å²) in [7, 11) is 0. The van der Waals surface area contributed by atoms with Gasteiger partial charge in [0, 0.05) is 5.92 Å². The number of hydrogen-bond acceptors (Lipinski definition) is 4. The maximum Gasteiger partial charge on any atom is 0.276 e. The SMILES string of the molecule is CC(C)C1(O)CN(C(=O)c2n[nH]c(C3CC3)c2N)C1. The Morgan fingerprint density at radius 2 is 2.16 bits per heavy atom. The van der Waals surface area contributed by atoms with Crippen molar-refractivity contribution in [2.45, 2.75) is 38.2 Å². The topological polar surface area (TPSA) is 95.2 Å². The molecule has 0 atom stereocenters. The predicted octanol–water partition coefficient (Wildman–Crippen LogP) is 0.712. The fourth-order valence-electron chi connectivity index (χ4n) is 2.48. The molecular formula is C13H20N4O2. The van der Waals surface area contributed by atoms with E-state index in [2.05, 4.69) is 10.2 Å². The Bertz CT molecular complexity index is 513. The van der Waals surface area contributed by atoms with Crippen LogP contribution in [0.25, 0.3) is 0 Å². The summed E-state index contributed by atoms with van der Waals surface area (Å²) in [5.41, 5.74) is 6.89. The van der Waals surface area contributed by atoms with E-state index in [4.69, 9.17) is 5.73 Å². The van der Waals surface area contributed by atoms with Crippen LogP contribution in [0.2, 0.25) is 0 Å². The number of likely N-dealkylation sites (tertiary alicyclic amines) is 1. The summed E-state index contributed by atoms with van der Waals surface area (Å²) in [5, 5.41) is 17.1. The maximum atomic E-state index is 12.3. The number of H-pyrrole nitrogens is 1. The first-order chi connectivity index (χ1) is 8.92. The van der Waals surface area contributed by atoms with Crippen molar-refractivity contribution in [1.82, 2.24) is 15.1 Å². The second-order valence-electron chi connectivity index (χ2n) is 6.09. The lowest BCUT2D eigenvalue weighted by Crippen LogP contribution is -2.66. The predicted molar refractivity (Wildman–Crippen MR) is 70.7 cm³/mol. The Hall–Kier alpha value is -1.56. The first kappa shape index (κ1) is 12.5. The third kappa shape index (κ3) is 1.90. The lowest BCUT2D eigenvalue weighted by Gasteiger charge is -2.48. The van der Waals surface area contributed by atoms with Crippen molar-refractivity contribution in [3.05, 3.63) is 11.4 Å². The number of carbonyl (C=O) groups is 1. The number of amides is 1. The van der Waals surface area contributed by atoms with E-state index in [1.807, 2.05) is 13.8 Å². The normalized spacial score (nSPS) is 21.6. The van der Waals surface area contributed by atoms with E-state index in [1.165, 1.54) is 0 Å². The third-order valence-electron chi connectivity index (χ3n) is 4.31. The summed E-state index contributed by atoms with van der Waals surface area (Å²) in [6, 6.07) is 0. The first-order valence-electron chi connectivity index (χ1n) is 6.78. The van der Waals surface area contributed by atoms with Gasteiger partial charge in [-0.15, -0.1) is 0 Å². The Kier molecular flexibility index (Phi) is 2.60. The molecule has 3 rings (SSSR count). The highest BCUT2D eigenvalue weighted by molar-refractivity contribution is 5.98. The molecule has 2 heterocycles. The van der Waals surface area contributed by atoms with Gasteiger partial charge in [-0.25, -0.2) is 0 Å². The van der Waals surface area contributed by atoms with Crippen LogP contribution in [-0.4, -0.2) is 44.8 Å². The number of hydrogen-bond donors (Lipinski definition) is 3. The minimum atomic E-state index is -0.764. The van der Waals surface area contributed by atoms with Crippen LogP contribution >= 0.6 is 0 Å². The molecule has 0 radical (unpaired) electrons. The third-order valence-corrected chi connectivity index (χ3v) is 4.31. The Labute approximate surface area is 112 Å². The summed E-state index contributed by atoms with van der Waals surface area (Å²) in [5.74, 6) is 0.388. The Balaban J connectivity index is 1.72. The molecule has 0 spiro atoms. The number of anilines is 1.